The Kier molecular flexibility index (Phi) is 6.03. The van der Waals surface area contributed by atoms with Gasteiger partial charge in [0.1, 0.15) is 5.75 Å². The van der Waals surface area contributed by atoms with E-state index < -0.39 is 0 Å². The molecular formula is C19H24N2O2. The van der Waals surface area contributed by atoms with Crippen molar-refractivity contribution in [3.05, 3.63) is 59.2 Å². The van der Waals surface area contributed by atoms with Gasteiger partial charge in [0.05, 0.1) is 6.61 Å². The maximum Gasteiger partial charge on any atom is 0.319 e. The van der Waals surface area contributed by atoms with Crippen molar-refractivity contribution in [1.82, 2.24) is 5.32 Å². The lowest BCUT2D eigenvalue weighted by molar-refractivity contribution is 0.252. The fourth-order valence-corrected chi connectivity index (χ4v) is 2.36. The van der Waals surface area contributed by atoms with Crippen molar-refractivity contribution in [3.8, 4) is 5.75 Å². The molecule has 2 aromatic rings. The number of aryl methyl sites for hydroxylation is 2. The van der Waals surface area contributed by atoms with Crippen molar-refractivity contribution in [2.24, 2.45) is 0 Å². The Bertz CT molecular complexity index is 651. The van der Waals surface area contributed by atoms with Gasteiger partial charge in [-0.1, -0.05) is 29.8 Å². The second kappa shape index (κ2) is 8.22. The first-order valence-electron chi connectivity index (χ1n) is 7.92. The van der Waals surface area contributed by atoms with Crippen LogP contribution < -0.4 is 15.4 Å². The van der Waals surface area contributed by atoms with Crippen LogP contribution >= 0.6 is 0 Å². The molecule has 0 aromatic heterocycles. The normalized spacial score (nSPS) is 10.2. The van der Waals surface area contributed by atoms with E-state index in [0.29, 0.717) is 13.2 Å². The van der Waals surface area contributed by atoms with Gasteiger partial charge in [-0.15, -0.1) is 0 Å². The van der Waals surface area contributed by atoms with Crippen molar-refractivity contribution in [2.45, 2.75) is 27.2 Å². The van der Waals surface area contributed by atoms with E-state index in [4.69, 9.17) is 4.74 Å². The molecule has 0 aliphatic rings. The molecule has 0 aliphatic heterocycles. The summed E-state index contributed by atoms with van der Waals surface area (Å²) < 4.78 is 5.41. The number of rotatable bonds is 6. The molecule has 4 heteroatoms. The Morgan fingerprint density at radius 2 is 1.83 bits per heavy atom. The van der Waals surface area contributed by atoms with Crippen LogP contribution in [0.2, 0.25) is 0 Å². The SMILES string of the molecule is CCOc1ccc(CCNC(=O)Nc2ccc(C)cc2C)cc1. The van der Waals surface area contributed by atoms with E-state index in [1.165, 1.54) is 11.1 Å². The van der Waals surface area contributed by atoms with Crippen LogP contribution in [0.5, 0.6) is 5.75 Å². The van der Waals surface area contributed by atoms with Crippen LogP contribution in [0.25, 0.3) is 0 Å². The molecule has 2 aromatic carbocycles. The molecule has 4 nitrogen and oxygen atoms in total. The molecule has 0 unspecified atom stereocenters. The molecule has 2 rings (SSSR count). The number of hydrogen-bond acceptors (Lipinski definition) is 2. The van der Waals surface area contributed by atoms with Crippen LogP contribution in [-0.4, -0.2) is 19.2 Å². The average Bonchev–Trinajstić information content (AvgIpc) is 2.52. The molecule has 0 heterocycles. The Labute approximate surface area is 137 Å². The summed E-state index contributed by atoms with van der Waals surface area (Å²) in [5, 5.41) is 5.76. The number of carbonyl (C=O) groups is 1. The fraction of sp³-hybridized carbons (Fsp3) is 0.316. The maximum atomic E-state index is 11.9. The van der Waals surface area contributed by atoms with Crippen molar-refractivity contribution < 1.29 is 9.53 Å². The van der Waals surface area contributed by atoms with Crippen LogP contribution in [-0.2, 0) is 6.42 Å². The van der Waals surface area contributed by atoms with Crippen molar-refractivity contribution >= 4 is 11.7 Å². The standard InChI is InChI=1S/C19H24N2O2/c1-4-23-17-8-6-16(7-9-17)11-12-20-19(22)21-18-10-5-14(2)13-15(18)3/h5-10,13H,4,11-12H2,1-3H3,(H2,20,21,22). The summed E-state index contributed by atoms with van der Waals surface area (Å²) in [7, 11) is 0. The van der Waals surface area contributed by atoms with Gasteiger partial charge in [-0.2, -0.15) is 0 Å². The van der Waals surface area contributed by atoms with Crippen LogP contribution in [0.4, 0.5) is 10.5 Å². The van der Waals surface area contributed by atoms with E-state index in [-0.39, 0.29) is 6.03 Å². The van der Waals surface area contributed by atoms with Gasteiger partial charge in [0.25, 0.3) is 0 Å². The number of benzene rings is 2. The predicted octanol–water partition coefficient (Wildman–Crippen LogP) is 4.07. The molecule has 23 heavy (non-hydrogen) atoms. The van der Waals surface area contributed by atoms with Gasteiger partial charge < -0.3 is 15.4 Å². The molecule has 0 spiro atoms. The highest BCUT2D eigenvalue weighted by atomic mass is 16.5. The zero-order valence-corrected chi connectivity index (χ0v) is 14.0. The molecule has 0 saturated heterocycles. The lowest BCUT2D eigenvalue weighted by atomic mass is 10.1. The van der Waals surface area contributed by atoms with Gasteiger partial charge in [0, 0.05) is 12.2 Å². The molecule has 0 bridgehead atoms. The number of urea groups is 1. The third-order valence-electron chi connectivity index (χ3n) is 3.56. The van der Waals surface area contributed by atoms with Crippen molar-refractivity contribution in [3.63, 3.8) is 0 Å². The zero-order chi connectivity index (χ0) is 16.7. The van der Waals surface area contributed by atoms with Gasteiger partial charge in [0.2, 0.25) is 0 Å². The highest BCUT2D eigenvalue weighted by molar-refractivity contribution is 5.90. The summed E-state index contributed by atoms with van der Waals surface area (Å²) in [5.41, 5.74) is 4.25. The quantitative estimate of drug-likeness (QED) is 0.845. The molecule has 0 radical (unpaired) electrons. The Morgan fingerprint density at radius 1 is 1.09 bits per heavy atom. The number of anilines is 1. The van der Waals surface area contributed by atoms with Gasteiger partial charge in [-0.05, 0) is 56.5 Å². The highest BCUT2D eigenvalue weighted by Gasteiger charge is 2.04. The predicted molar refractivity (Wildman–Crippen MR) is 94.3 cm³/mol. The summed E-state index contributed by atoms with van der Waals surface area (Å²) in [6, 6.07) is 13.7. The Morgan fingerprint density at radius 3 is 2.48 bits per heavy atom. The highest BCUT2D eigenvalue weighted by Crippen LogP contribution is 2.16. The van der Waals surface area contributed by atoms with E-state index in [1.807, 2.05) is 57.2 Å². The third-order valence-corrected chi connectivity index (χ3v) is 3.56. The lowest BCUT2D eigenvalue weighted by Crippen LogP contribution is -2.30. The molecular weight excluding hydrogens is 288 g/mol. The summed E-state index contributed by atoms with van der Waals surface area (Å²) >= 11 is 0. The lowest BCUT2D eigenvalue weighted by Gasteiger charge is -2.11. The second-order valence-corrected chi connectivity index (χ2v) is 5.53. The van der Waals surface area contributed by atoms with Crippen molar-refractivity contribution in [1.29, 1.82) is 0 Å². The smallest absolute Gasteiger partial charge is 0.319 e. The maximum absolute atomic E-state index is 11.9. The van der Waals surface area contributed by atoms with Gasteiger partial charge in [0.15, 0.2) is 0 Å². The van der Waals surface area contributed by atoms with Crippen molar-refractivity contribution in [2.75, 3.05) is 18.5 Å². The third kappa shape index (κ3) is 5.33. The zero-order valence-electron chi connectivity index (χ0n) is 14.0. The van der Waals surface area contributed by atoms with E-state index in [9.17, 15) is 4.79 Å². The summed E-state index contributed by atoms with van der Waals surface area (Å²) in [5.74, 6) is 0.872. The first kappa shape index (κ1) is 16.9. The largest absolute Gasteiger partial charge is 0.494 e. The fourth-order valence-electron chi connectivity index (χ4n) is 2.36. The van der Waals surface area contributed by atoms with E-state index in [1.54, 1.807) is 0 Å². The van der Waals surface area contributed by atoms with Gasteiger partial charge >= 0.3 is 6.03 Å². The molecule has 0 atom stereocenters. The minimum Gasteiger partial charge on any atom is -0.494 e. The summed E-state index contributed by atoms with van der Waals surface area (Å²) in [4.78, 5) is 11.9. The first-order chi connectivity index (χ1) is 11.1. The number of hydrogen-bond donors (Lipinski definition) is 2. The number of carbonyl (C=O) groups excluding carboxylic acids is 1. The molecule has 0 fully saturated rings. The topological polar surface area (TPSA) is 50.4 Å². The minimum absolute atomic E-state index is 0.178. The number of amides is 2. The van der Waals surface area contributed by atoms with Gasteiger partial charge in [-0.25, -0.2) is 4.79 Å². The first-order valence-corrected chi connectivity index (χ1v) is 7.92. The monoisotopic (exact) mass is 312 g/mol. The molecule has 2 amide bonds. The molecule has 122 valence electrons. The molecule has 2 N–H and O–H groups in total. The summed E-state index contributed by atoms with van der Waals surface area (Å²) in [6.45, 7) is 7.24. The van der Waals surface area contributed by atoms with Gasteiger partial charge in [-0.3, -0.25) is 0 Å². The van der Waals surface area contributed by atoms with Crippen LogP contribution in [0.1, 0.15) is 23.6 Å². The van der Waals surface area contributed by atoms with E-state index in [2.05, 4.69) is 16.7 Å². The van der Waals surface area contributed by atoms with E-state index in [0.717, 1.165) is 23.4 Å². The summed E-state index contributed by atoms with van der Waals surface area (Å²) in [6.07, 6.45) is 0.784. The van der Waals surface area contributed by atoms with Crippen LogP contribution in [0.3, 0.4) is 0 Å². The van der Waals surface area contributed by atoms with Crippen LogP contribution in [0.15, 0.2) is 42.5 Å². The van der Waals surface area contributed by atoms with Crippen LogP contribution in [0, 0.1) is 13.8 Å². The number of ether oxygens (including phenoxy) is 1. The molecule has 0 saturated carbocycles. The Hall–Kier alpha value is -2.49. The van der Waals surface area contributed by atoms with E-state index >= 15 is 0 Å². The number of nitrogens with one attached hydrogen (secondary N) is 2. The molecule has 0 aliphatic carbocycles. The Balaban J connectivity index is 1.78. The second-order valence-electron chi connectivity index (χ2n) is 5.53. The minimum atomic E-state index is -0.178. The average molecular weight is 312 g/mol.